The van der Waals surface area contributed by atoms with E-state index in [4.69, 9.17) is 0 Å². The summed E-state index contributed by atoms with van der Waals surface area (Å²) in [7, 11) is 1.58. The minimum Gasteiger partial charge on any atom is -0.341 e. The zero-order valence-electron chi connectivity index (χ0n) is 13.0. The van der Waals surface area contributed by atoms with Crippen LogP contribution >= 0.6 is 0 Å². The Bertz CT molecular complexity index is 728. The quantitative estimate of drug-likeness (QED) is 0.914. The van der Waals surface area contributed by atoms with E-state index in [1.54, 1.807) is 7.05 Å². The summed E-state index contributed by atoms with van der Waals surface area (Å²) in [4.78, 5) is 25.8. The highest BCUT2D eigenvalue weighted by Crippen LogP contribution is 2.30. The smallest absolute Gasteiger partial charge is 0.314 e. The van der Waals surface area contributed by atoms with Gasteiger partial charge in [-0.15, -0.1) is 0 Å². The van der Waals surface area contributed by atoms with Gasteiger partial charge in [0.2, 0.25) is 0 Å². The van der Waals surface area contributed by atoms with E-state index < -0.39 is 0 Å². The van der Waals surface area contributed by atoms with Crippen molar-refractivity contribution in [1.29, 1.82) is 0 Å². The van der Waals surface area contributed by atoms with Crippen LogP contribution < -0.4 is 15.5 Å². The highest BCUT2D eigenvalue weighted by atomic mass is 16.2. The molecule has 0 spiro atoms. The summed E-state index contributed by atoms with van der Waals surface area (Å²) in [6.45, 7) is 1.12. The standard InChI is InChI=1S/C18H19N3O2/c1-19-18(23)20-12-13-7-8-14-9-10-21(16(14)11-13)17(22)15-5-3-2-4-6-15/h2-8,11H,9-10,12H2,1H3,(H2,19,20,23). The van der Waals surface area contributed by atoms with Crippen LogP contribution in [0.5, 0.6) is 0 Å². The van der Waals surface area contributed by atoms with Crippen molar-refractivity contribution in [2.45, 2.75) is 13.0 Å². The van der Waals surface area contributed by atoms with E-state index in [1.807, 2.05) is 53.4 Å². The van der Waals surface area contributed by atoms with Crippen molar-refractivity contribution in [3.05, 3.63) is 65.2 Å². The Morgan fingerprint density at radius 1 is 1.13 bits per heavy atom. The molecule has 1 aliphatic rings. The topological polar surface area (TPSA) is 61.4 Å². The Labute approximate surface area is 135 Å². The number of hydrogen-bond donors (Lipinski definition) is 2. The largest absolute Gasteiger partial charge is 0.341 e. The molecule has 0 bridgehead atoms. The fourth-order valence-electron chi connectivity index (χ4n) is 2.75. The molecule has 0 radical (unpaired) electrons. The van der Waals surface area contributed by atoms with E-state index in [2.05, 4.69) is 10.6 Å². The Morgan fingerprint density at radius 3 is 2.65 bits per heavy atom. The second kappa shape index (κ2) is 6.52. The van der Waals surface area contributed by atoms with E-state index in [0.29, 0.717) is 18.7 Å². The van der Waals surface area contributed by atoms with Gasteiger partial charge in [-0.05, 0) is 35.7 Å². The highest BCUT2D eigenvalue weighted by Gasteiger charge is 2.25. The first-order valence-electron chi connectivity index (χ1n) is 7.63. The van der Waals surface area contributed by atoms with Gasteiger partial charge in [0.1, 0.15) is 0 Å². The van der Waals surface area contributed by atoms with Gasteiger partial charge in [-0.25, -0.2) is 4.79 Å². The number of hydrogen-bond acceptors (Lipinski definition) is 2. The number of nitrogens with zero attached hydrogens (tertiary/aromatic N) is 1. The van der Waals surface area contributed by atoms with Crippen LogP contribution in [0.1, 0.15) is 21.5 Å². The van der Waals surface area contributed by atoms with Crippen LogP contribution in [0.15, 0.2) is 48.5 Å². The third-order valence-corrected chi connectivity index (χ3v) is 3.99. The molecule has 0 saturated carbocycles. The van der Waals surface area contributed by atoms with Gasteiger partial charge in [-0.2, -0.15) is 0 Å². The van der Waals surface area contributed by atoms with Crippen LogP contribution in [0.3, 0.4) is 0 Å². The number of rotatable bonds is 3. The molecule has 0 fully saturated rings. The molecule has 0 aromatic heterocycles. The average molecular weight is 309 g/mol. The van der Waals surface area contributed by atoms with Crippen LogP contribution in [-0.2, 0) is 13.0 Å². The van der Waals surface area contributed by atoms with Gasteiger partial charge in [0, 0.05) is 31.4 Å². The molecule has 0 saturated heterocycles. The fourth-order valence-corrected chi connectivity index (χ4v) is 2.75. The lowest BCUT2D eigenvalue weighted by Gasteiger charge is -2.18. The first-order chi connectivity index (χ1) is 11.2. The normalized spacial score (nSPS) is 12.7. The average Bonchev–Trinajstić information content (AvgIpc) is 3.02. The predicted molar refractivity (Wildman–Crippen MR) is 89.6 cm³/mol. The number of fused-ring (bicyclic) bond motifs is 1. The minimum atomic E-state index is -0.220. The number of nitrogens with one attached hydrogen (secondary N) is 2. The molecule has 1 aliphatic heterocycles. The van der Waals surface area contributed by atoms with Crippen molar-refractivity contribution in [3.8, 4) is 0 Å². The maximum Gasteiger partial charge on any atom is 0.314 e. The number of urea groups is 1. The van der Waals surface area contributed by atoms with Gasteiger partial charge in [-0.1, -0.05) is 30.3 Å². The zero-order chi connectivity index (χ0) is 16.2. The number of anilines is 1. The second-order valence-electron chi connectivity index (χ2n) is 5.47. The molecule has 23 heavy (non-hydrogen) atoms. The molecule has 5 nitrogen and oxygen atoms in total. The van der Waals surface area contributed by atoms with Crippen molar-refractivity contribution in [1.82, 2.24) is 10.6 Å². The van der Waals surface area contributed by atoms with Crippen molar-refractivity contribution in [3.63, 3.8) is 0 Å². The highest BCUT2D eigenvalue weighted by molar-refractivity contribution is 6.07. The molecule has 2 N–H and O–H groups in total. The van der Waals surface area contributed by atoms with Crippen molar-refractivity contribution < 1.29 is 9.59 Å². The zero-order valence-corrected chi connectivity index (χ0v) is 13.0. The van der Waals surface area contributed by atoms with Gasteiger partial charge < -0.3 is 15.5 Å². The molecule has 2 aromatic carbocycles. The van der Waals surface area contributed by atoms with E-state index in [-0.39, 0.29) is 11.9 Å². The molecule has 1 heterocycles. The maximum atomic E-state index is 12.7. The minimum absolute atomic E-state index is 0.0146. The summed E-state index contributed by atoms with van der Waals surface area (Å²) >= 11 is 0. The van der Waals surface area contributed by atoms with Crippen molar-refractivity contribution in [2.75, 3.05) is 18.5 Å². The van der Waals surface area contributed by atoms with Crippen molar-refractivity contribution >= 4 is 17.6 Å². The third kappa shape index (κ3) is 3.18. The molecule has 3 rings (SSSR count). The van der Waals surface area contributed by atoms with Crippen LogP contribution in [0.4, 0.5) is 10.5 Å². The van der Waals surface area contributed by atoms with E-state index in [0.717, 1.165) is 23.2 Å². The lowest BCUT2D eigenvalue weighted by Crippen LogP contribution is -2.32. The summed E-state index contributed by atoms with van der Waals surface area (Å²) in [5.74, 6) is 0.0146. The molecule has 2 aromatic rings. The molecule has 0 atom stereocenters. The van der Waals surface area contributed by atoms with E-state index in [9.17, 15) is 9.59 Å². The fraction of sp³-hybridized carbons (Fsp3) is 0.222. The monoisotopic (exact) mass is 309 g/mol. The molecule has 118 valence electrons. The maximum absolute atomic E-state index is 12.7. The summed E-state index contributed by atoms with van der Waals surface area (Å²) in [6.07, 6.45) is 0.858. The SMILES string of the molecule is CNC(=O)NCc1ccc2c(c1)N(C(=O)c1ccccc1)CC2. The predicted octanol–water partition coefficient (Wildman–Crippen LogP) is 2.32. The molecule has 0 unspecified atom stereocenters. The lowest BCUT2D eigenvalue weighted by molar-refractivity contribution is 0.0989. The van der Waals surface area contributed by atoms with E-state index >= 15 is 0 Å². The Morgan fingerprint density at radius 2 is 1.91 bits per heavy atom. The lowest BCUT2D eigenvalue weighted by atomic mass is 10.1. The molecule has 5 heteroatoms. The summed E-state index contributed by atoms with van der Waals surface area (Å²) in [5, 5.41) is 5.28. The summed E-state index contributed by atoms with van der Waals surface area (Å²) in [6, 6.07) is 15.1. The van der Waals surface area contributed by atoms with Gasteiger partial charge in [0.15, 0.2) is 0 Å². The number of carbonyl (C=O) groups is 2. The Kier molecular flexibility index (Phi) is 4.28. The van der Waals surface area contributed by atoms with Crippen LogP contribution in [-0.4, -0.2) is 25.5 Å². The third-order valence-electron chi connectivity index (χ3n) is 3.99. The summed E-state index contributed by atoms with van der Waals surface area (Å²) in [5.41, 5.74) is 3.77. The summed E-state index contributed by atoms with van der Waals surface area (Å²) < 4.78 is 0. The van der Waals surface area contributed by atoms with Crippen LogP contribution in [0.25, 0.3) is 0 Å². The molecular formula is C18H19N3O2. The van der Waals surface area contributed by atoms with Crippen LogP contribution in [0.2, 0.25) is 0 Å². The first kappa shape index (κ1) is 15.1. The van der Waals surface area contributed by atoms with E-state index in [1.165, 1.54) is 0 Å². The number of amides is 3. The van der Waals surface area contributed by atoms with Gasteiger partial charge in [-0.3, -0.25) is 4.79 Å². The number of benzene rings is 2. The molecular weight excluding hydrogens is 290 g/mol. The molecule has 0 aliphatic carbocycles. The second-order valence-corrected chi connectivity index (χ2v) is 5.47. The molecule has 3 amide bonds. The van der Waals surface area contributed by atoms with Gasteiger partial charge >= 0.3 is 6.03 Å². The first-order valence-corrected chi connectivity index (χ1v) is 7.63. The number of carbonyl (C=O) groups excluding carboxylic acids is 2. The Hall–Kier alpha value is -2.82. The van der Waals surface area contributed by atoms with Crippen molar-refractivity contribution in [2.24, 2.45) is 0 Å². The van der Waals surface area contributed by atoms with Gasteiger partial charge in [0.25, 0.3) is 5.91 Å². The van der Waals surface area contributed by atoms with Crippen LogP contribution in [0, 0.1) is 0 Å². The van der Waals surface area contributed by atoms with Gasteiger partial charge in [0.05, 0.1) is 0 Å². The Balaban J connectivity index is 1.81.